The van der Waals surface area contributed by atoms with E-state index in [1.807, 2.05) is 26.1 Å². The van der Waals surface area contributed by atoms with Crippen LogP contribution < -0.4 is 5.73 Å². The molecule has 0 atom stereocenters. The van der Waals surface area contributed by atoms with Gasteiger partial charge in [-0.2, -0.15) is 13.2 Å². The van der Waals surface area contributed by atoms with Crippen LogP contribution in [0.5, 0.6) is 0 Å². The molecule has 0 bridgehead atoms. The number of likely N-dealkylation sites (N-methyl/N-ethyl adjacent to an activating group) is 1. The minimum atomic E-state index is -4.09. The highest BCUT2D eigenvalue weighted by Gasteiger charge is 2.46. The van der Waals surface area contributed by atoms with E-state index in [0.717, 1.165) is 11.5 Å². The van der Waals surface area contributed by atoms with Crippen LogP contribution in [-0.2, 0) is 6.54 Å². The van der Waals surface area contributed by atoms with E-state index in [9.17, 15) is 13.2 Å². The fourth-order valence-corrected chi connectivity index (χ4v) is 3.20. The molecule has 0 aliphatic heterocycles. The SMILES string of the molecule is Cc1ccc(CN(C)C2(CN)CCC(C(F)(F)F)CC2)o1. The number of nitrogens with zero attached hydrogens (tertiary/aromatic N) is 1. The molecule has 1 aliphatic rings. The molecule has 0 saturated heterocycles. The number of halogens is 3. The molecule has 6 heteroatoms. The third-order valence-electron chi connectivity index (χ3n) is 4.76. The number of furan rings is 1. The second-order valence-corrected chi connectivity index (χ2v) is 6.11. The van der Waals surface area contributed by atoms with Gasteiger partial charge in [-0.05, 0) is 51.8 Å². The molecule has 21 heavy (non-hydrogen) atoms. The first-order valence-corrected chi connectivity index (χ1v) is 7.30. The molecular formula is C15H23F3N2O. The Morgan fingerprint density at radius 2 is 1.95 bits per heavy atom. The van der Waals surface area contributed by atoms with Gasteiger partial charge in [0.25, 0.3) is 0 Å². The van der Waals surface area contributed by atoms with Crippen molar-refractivity contribution in [2.75, 3.05) is 13.6 Å². The van der Waals surface area contributed by atoms with Crippen molar-refractivity contribution < 1.29 is 17.6 Å². The fourth-order valence-electron chi connectivity index (χ4n) is 3.20. The van der Waals surface area contributed by atoms with E-state index in [1.54, 1.807) is 0 Å². The molecule has 0 aromatic carbocycles. The molecule has 0 unspecified atom stereocenters. The molecule has 1 aliphatic carbocycles. The van der Waals surface area contributed by atoms with Crippen molar-refractivity contribution in [2.45, 2.75) is 50.9 Å². The van der Waals surface area contributed by atoms with Crippen molar-refractivity contribution >= 4 is 0 Å². The molecule has 1 saturated carbocycles. The van der Waals surface area contributed by atoms with Crippen LogP contribution in [-0.4, -0.2) is 30.2 Å². The van der Waals surface area contributed by atoms with Crippen molar-refractivity contribution in [3.63, 3.8) is 0 Å². The summed E-state index contributed by atoms with van der Waals surface area (Å²) in [5.74, 6) is 0.471. The van der Waals surface area contributed by atoms with Gasteiger partial charge in [0.05, 0.1) is 12.5 Å². The van der Waals surface area contributed by atoms with Crippen LogP contribution >= 0.6 is 0 Å². The summed E-state index contributed by atoms with van der Waals surface area (Å²) in [6.07, 6.45) is -2.82. The molecule has 3 nitrogen and oxygen atoms in total. The first-order chi connectivity index (χ1) is 9.77. The highest BCUT2D eigenvalue weighted by molar-refractivity contribution is 5.07. The van der Waals surface area contributed by atoms with Gasteiger partial charge in [-0.3, -0.25) is 4.90 Å². The zero-order valence-electron chi connectivity index (χ0n) is 12.5. The van der Waals surface area contributed by atoms with E-state index >= 15 is 0 Å². The van der Waals surface area contributed by atoms with E-state index in [0.29, 0.717) is 25.9 Å². The van der Waals surface area contributed by atoms with Crippen molar-refractivity contribution in [2.24, 2.45) is 11.7 Å². The number of alkyl halides is 3. The zero-order chi connectivity index (χ0) is 15.7. The molecule has 1 aromatic rings. The Kier molecular flexibility index (Phi) is 4.68. The highest BCUT2D eigenvalue weighted by Crippen LogP contribution is 2.43. The first-order valence-electron chi connectivity index (χ1n) is 7.30. The van der Waals surface area contributed by atoms with Gasteiger partial charge >= 0.3 is 6.18 Å². The topological polar surface area (TPSA) is 42.4 Å². The Hall–Kier alpha value is -1.01. The van der Waals surface area contributed by atoms with Gasteiger partial charge in [-0.1, -0.05) is 0 Å². The average Bonchev–Trinajstić information content (AvgIpc) is 2.83. The van der Waals surface area contributed by atoms with Crippen molar-refractivity contribution in [1.82, 2.24) is 4.90 Å². The lowest BCUT2D eigenvalue weighted by Gasteiger charge is -2.46. The quantitative estimate of drug-likeness (QED) is 0.926. The van der Waals surface area contributed by atoms with Gasteiger partial charge in [0.15, 0.2) is 0 Å². The summed E-state index contributed by atoms with van der Waals surface area (Å²) in [7, 11) is 1.92. The molecule has 0 spiro atoms. The van der Waals surface area contributed by atoms with E-state index in [1.165, 1.54) is 0 Å². The number of nitrogens with two attached hydrogens (primary N) is 1. The van der Waals surface area contributed by atoms with Gasteiger partial charge in [-0.15, -0.1) is 0 Å². The van der Waals surface area contributed by atoms with Crippen LogP contribution in [0.4, 0.5) is 13.2 Å². The van der Waals surface area contributed by atoms with Crippen molar-refractivity contribution in [1.29, 1.82) is 0 Å². The average molecular weight is 304 g/mol. The third kappa shape index (κ3) is 3.61. The molecule has 0 amide bonds. The maximum Gasteiger partial charge on any atom is 0.391 e. The molecular weight excluding hydrogens is 281 g/mol. The lowest BCUT2D eigenvalue weighted by atomic mass is 9.75. The van der Waals surface area contributed by atoms with Crippen molar-refractivity contribution in [3.8, 4) is 0 Å². The number of hydrogen-bond acceptors (Lipinski definition) is 3. The maximum absolute atomic E-state index is 12.8. The minimum absolute atomic E-state index is 0.155. The van der Waals surface area contributed by atoms with Gasteiger partial charge in [0.2, 0.25) is 0 Å². The molecule has 2 rings (SSSR count). The first kappa shape index (κ1) is 16.4. The summed E-state index contributed by atoms with van der Waals surface area (Å²) in [6, 6.07) is 3.79. The largest absolute Gasteiger partial charge is 0.465 e. The summed E-state index contributed by atoms with van der Waals surface area (Å²) in [6.45, 7) is 2.81. The van der Waals surface area contributed by atoms with Crippen LogP contribution in [0.1, 0.15) is 37.2 Å². The van der Waals surface area contributed by atoms with E-state index in [4.69, 9.17) is 10.2 Å². The number of aryl methyl sites for hydroxylation is 1. The Balaban J connectivity index is 2.02. The third-order valence-corrected chi connectivity index (χ3v) is 4.76. The minimum Gasteiger partial charge on any atom is -0.465 e. The van der Waals surface area contributed by atoms with Crippen LogP contribution in [0.3, 0.4) is 0 Å². The molecule has 1 heterocycles. The lowest BCUT2D eigenvalue weighted by molar-refractivity contribution is -0.188. The van der Waals surface area contributed by atoms with Crippen LogP contribution in [0.25, 0.3) is 0 Å². The predicted octanol–water partition coefficient (Wildman–Crippen LogP) is 3.47. The Morgan fingerprint density at radius 3 is 2.38 bits per heavy atom. The second kappa shape index (κ2) is 6.01. The maximum atomic E-state index is 12.8. The van der Waals surface area contributed by atoms with Crippen LogP contribution in [0, 0.1) is 12.8 Å². The summed E-state index contributed by atoms with van der Waals surface area (Å²) >= 11 is 0. The zero-order valence-corrected chi connectivity index (χ0v) is 12.5. The summed E-state index contributed by atoms with van der Waals surface area (Å²) in [5, 5.41) is 0. The van der Waals surface area contributed by atoms with Crippen LogP contribution in [0.2, 0.25) is 0 Å². The molecule has 0 radical (unpaired) electrons. The van der Waals surface area contributed by atoms with Gasteiger partial charge < -0.3 is 10.2 Å². The predicted molar refractivity (Wildman–Crippen MR) is 74.7 cm³/mol. The summed E-state index contributed by atoms with van der Waals surface area (Å²) in [5.41, 5.74) is 5.54. The highest BCUT2D eigenvalue weighted by atomic mass is 19.4. The summed E-state index contributed by atoms with van der Waals surface area (Å²) < 4.78 is 43.9. The monoisotopic (exact) mass is 304 g/mol. The molecule has 2 N–H and O–H groups in total. The van der Waals surface area contributed by atoms with Crippen molar-refractivity contribution in [3.05, 3.63) is 23.7 Å². The standard InChI is InChI=1S/C15H23F3N2O/c1-11-3-4-13(21-11)9-20(2)14(10-19)7-5-12(6-8-14)15(16,17)18/h3-4,12H,5-10,19H2,1-2H3. The Labute approximate surface area is 123 Å². The van der Waals surface area contributed by atoms with Gasteiger partial charge in [0.1, 0.15) is 11.5 Å². The van der Waals surface area contributed by atoms with Crippen LogP contribution in [0.15, 0.2) is 16.5 Å². The molecule has 1 aromatic heterocycles. The van der Waals surface area contributed by atoms with E-state index < -0.39 is 12.1 Å². The van der Waals surface area contributed by atoms with Gasteiger partial charge in [0, 0.05) is 12.1 Å². The number of rotatable bonds is 4. The summed E-state index contributed by atoms with van der Waals surface area (Å²) in [4.78, 5) is 2.05. The Morgan fingerprint density at radius 1 is 1.33 bits per heavy atom. The number of hydrogen-bond donors (Lipinski definition) is 1. The lowest BCUT2D eigenvalue weighted by Crippen LogP contribution is -2.54. The molecule has 1 fully saturated rings. The van der Waals surface area contributed by atoms with E-state index in [-0.39, 0.29) is 18.4 Å². The second-order valence-electron chi connectivity index (χ2n) is 6.11. The molecule has 120 valence electrons. The Bertz CT molecular complexity index is 462. The van der Waals surface area contributed by atoms with Gasteiger partial charge in [-0.25, -0.2) is 0 Å². The van der Waals surface area contributed by atoms with E-state index in [2.05, 4.69) is 4.90 Å². The normalized spacial score (nSPS) is 27.3. The smallest absolute Gasteiger partial charge is 0.391 e. The fraction of sp³-hybridized carbons (Fsp3) is 0.733.